The molecule has 111 heavy (non-hydrogen) atoms. The quantitative estimate of drug-likeness (QED) is 0.0235. The first-order chi connectivity index (χ1) is 52.9. The molecule has 10 aliphatic rings. The van der Waals surface area contributed by atoms with Crippen LogP contribution < -0.4 is 94.0 Å². The van der Waals surface area contributed by atoms with Crippen molar-refractivity contribution in [2.75, 3.05) is 75.6 Å². The Morgan fingerprint density at radius 2 is 1.17 bits per heavy atom. The molecule has 570 valence electrons. The van der Waals surface area contributed by atoms with E-state index in [1.807, 2.05) is 47.9 Å². The van der Waals surface area contributed by atoms with Gasteiger partial charge in [-0.05, 0) is 121 Å². The molecule has 2 aromatic heterocycles. The molecule has 1 N–H and O–H groups in total. The predicted molar refractivity (Wildman–Crippen MR) is 390 cm³/mol. The zero-order valence-corrected chi connectivity index (χ0v) is 67.2. The first-order valence-electron chi connectivity index (χ1n) is 35.7. The Labute approximate surface area is 683 Å². The first kappa shape index (κ1) is 78.1. The number of nitriles is 2. The number of rotatable bonds is 15. The number of aryl methyl sites for hydroxylation is 3. The molecule has 0 spiro atoms. The number of hydrogen-bond acceptors (Lipinski definition) is 27. The summed E-state index contributed by atoms with van der Waals surface area (Å²) in [5.41, 5.74) is 11.5. The van der Waals surface area contributed by atoms with Gasteiger partial charge in [0.2, 0.25) is 13.6 Å². The number of amides is 4. The van der Waals surface area contributed by atoms with Gasteiger partial charge in [-0.25, -0.2) is 0 Å². The Bertz CT molecular complexity index is 5200. The number of methoxy groups -OCH3 is 3. The van der Waals surface area contributed by atoms with Crippen LogP contribution >= 0.6 is 0 Å². The summed E-state index contributed by atoms with van der Waals surface area (Å²) in [4.78, 5) is 79.4. The second kappa shape index (κ2) is 30.8. The van der Waals surface area contributed by atoms with Gasteiger partial charge in [-0.3, -0.25) is 53.0 Å². The van der Waals surface area contributed by atoms with Gasteiger partial charge < -0.3 is 67.4 Å². The van der Waals surface area contributed by atoms with Gasteiger partial charge in [0.25, 0.3) is 21.9 Å². The van der Waals surface area contributed by atoms with Crippen molar-refractivity contribution in [2.24, 2.45) is 0 Å². The van der Waals surface area contributed by atoms with Crippen LogP contribution in [0, 0.1) is 57.3 Å². The number of fused-ring (bicyclic) bond motifs is 20. The van der Waals surface area contributed by atoms with Crippen molar-refractivity contribution in [2.45, 2.75) is 133 Å². The van der Waals surface area contributed by atoms with Crippen molar-refractivity contribution >= 4 is 39.7 Å². The largest absolute Gasteiger partial charge is 1.00 e. The molecule has 17 rings (SSSR count). The molecule has 4 bridgehead atoms. The van der Waals surface area contributed by atoms with Crippen LogP contribution in [0.1, 0.15) is 145 Å². The van der Waals surface area contributed by atoms with Crippen LogP contribution in [0.25, 0.3) is 5.32 Å². The second-order valence-electron chi connectivity index (χ2n) is 28.6. The molecule has 10 aliphatic heterocycles. The van der Waals surface area contributed by atoms with Crippen molar-refractivity contribution in [3.63, 3.8) is 0 Å². The number of phenolic OH excluding ortho intramolecular Hbond substituents is 1. The molecule has 31 heteroatoms. The zero-order valence-electron chi connectivity index (χ0n) is 63.2. The van der Waals surface area contributed by atoms with E-state index >= 15 is 0 Å². The maximum absolute atomic E-state index is 13.8. The number of benzene rings is 5. The maximum atomic E-state index is 13.8. The predicted octanol–water partition coefficient (Wildman–Crippen LogP) is 5.96. The van der Waals surface area contributed by atoms with Crippen LogP contribution in [0.4, 0.5) is 0 Å². The van der Waals surface area contributed by atoms with Crippen LogP contribution in [0.2, 0.25) is 0 Å². The number of piperazine rings is 2. The number of phenols is 1. The number of ether oxygens (including phenoxy) is 10. The molecule has 29 nitrogen and oxygen atoms in total. The molecule has 4 amide bonds. The zero-order chi connectivity index (χ0) is 77.8. The third-order valence-electron chi connectivity index (χ3n) is 22.7. The van der Waals surface area contributed by atoms with Crippen molar-refractivity contribution in [3.8, 4) is 69.6 Å². The number of aromatic nitrogens is 2. The van der Waals surface area contributed by atoms with Gasteiger partial charge in [-0.15, -0.1) is 0 Å². The molecule has 0 unspecified atom stereocenters. The number of pyridine rings is 2. The van der Waals surface area contributed by atoms with Gasteiger partial charge in [-0.1, -0.05) is 42.5 Å². The minimum absolute atomic E-state index is 0. The Hall–Kier alpha value is -9.58. The van der Waals surface area contributed by atoms with Gasteiger partial charge in [0.15, 0.2) is 52.8 Å². The fourth-order valence-electron chi connectivity index (χ4n) is 18.2. The number of nitrogens with zero attached hydrogens (tertiary/aromatic N) is 10. The molecule has 7 aromatic rings. The molecule has 12 heterocycles. The van der Waals surface area contributed by atoms with Crippen LogP contribution in [0.5, 0.6) is 57.5 Å². The van der Waals surface area contributed by atoms with E-state index in [-0.39, 0.29) is 137 Å². The normalized spacial score (nSPS) is 23.1. The fourth-order valence-corrected chi connectivity index (χ4v) is 19.1. The average molecular weight is 1560 g/mol. The molecule has 5 aromatic carbocycles. The summed E-state index contributed by atoms with van der Waals surface area (Å²) < 4.78 is 93.0. The van der Waals surface area contributed by atoms with E-state index in [2.05, 4.69) is 59.7 Å². The SMILES string of the molecule is C=CCOc1c(C)c2c(c3c1C[C@H]1[C@H]4c5c(cc(C)c(OC)c5OCOC)C[C@@H]([C@H](C#N)N1[C@H]3COS(=O)(=O)c1ccc(C)cc1)N4C)OCO2.COc1c(C)cc2c(c1O)[C@@H]1[C@@H]3Cc4c(OC(C)=O)c(C)c5c(c4[C@H](CN4C(=O)c6ccncc6C4=O)N3[C@@H](C#N)[C@H](C2)N1C)OCO5.O=C1[N-]C(=O)c2cnccc21.[K+]. The average Bonchev–Trinajstić information content (AvgIpc) is 1.32. The first-order valence-corrected chi connectivity index (χ1v) is 37.1. The fraction of sp³-hybridized carbons (Fsp3) is 0.388. The summed E-state index contributed by atoms with van der Waals surface area (Å²) >= 11 is 0. The molecule has 0 aliphatic carbocycles. The number of esters is 1. The molecular formula is C80H79KN10O19S. The topological polar surface area (TPSA) is 345 Å². The van der Waals surface area contributed by atoms with Gasteiger partial charge in [0.05, 0.1) is 85.0 Å². The maximum Gasteiger partial charge on any atom is 1.00 e. The summed E-state index contributed by atoms with van der Waals surface area (Å²) in [6, 6.07) is 13.9. The molecular weight excluding hydrogens is 1480 g/mol. The van der Waals surface area contributed by atoms with Crippen molar-refractivity contribution in [1.82, 2.24) is 34.5 Å². The standard InChI is InChI=1S/C38H43N3O9S.C35H33N5O8.C7H4N2O2.K/c1-8-13-46-35-23(4)36-38(49-20-48-36)32-26(35)16-28-33-31-24(14-22(3)34(45-7)37(31)47-19-44-6)15-27(40(33)5)29(17-39)41(28)30(32)18-50-51(42,43)25-11-9-21(2)10-12-25;1-15-8-18-9-22-24(11-36)40-23(28(38(22)4)26(18)29(42)30(15)45-5)10-20-27(33-32(46-14-47-33)16(2)31(20)48-17(3)41)25(40)13-39-34(43)19-6-7-37-12-21(19)35(39)44;10-6-4-1-2-8-3-5(4)7(11)9-6;/h8-12,14,27-30,33H,1,13,15-16,18-20H2,2-7H3;6-8,12,22-25,28,42H,9-10,13-14H2,1-5H3;1-3H,(H,9,10,11);/q;;;+1/p-1/t27-,28-,29-,30-,33-;22-,23-,24-,25-,28-;;/m00../s1. The van der Waals surface area contributed by atoms with Gasteiger partial charge in [0, 0.05) is 125 Å². The Balaban J connectivity index is 0.000000161. The van der Waals surface area contributed by atoms with Crippen LogP contribution in [0.3, 0.4) is 0 Å². The molecule has 2 saturated heterocycles. The smallest absolute Gasteiger partial charge is 0.587 e. The molecule has 0 saturated carbocycles. The van der Waals surface area contributed by atoms with E-state index in [1.54, 1.807) is 39.4 Å². The van der Waals surface area contributed by atoms with E-state index in [9.17, 15) is 48.0 Å². The summed E-state index contributed by atoms with van der Waals surface area (Å²) in [6.07, 6.45) is 9.13. The van der Waals surface area contributed by atoms with Crippen molar-refractivity contribution in [3.05, 3.63) is 186 Å². The third kappa shape index (κ3) is 12.9. The van der Waals surface area contributed by atoms with Crippen molar-refractivity contribution < 1.29 is 140 Å². The number of hydrogen-bond donors (Lipinski definition) is 1. The van der Waals surface area contributed by atoms with Crippen LogP contribution in [0.15, 0.2) is 90.9 Å². The van der Waals surface area contributed by atoms with E-state index in [1.165, 1.54) is 68.0 Å². The van der Waals surface area contributed by atoms with E-state index < -0.39 is 76.0 Å². The Morgan fingerprint density at radius 3 is 1.74 bits per heavy atom. The second-order valence-corrected chi connectivity index (χ2v) is 30.2. The van der Waals surface area contributed by atoms with Crippen LogP contribution in [-0.2, 0) is 49.5 Å². The number of carbonyl (C=O) groups is 5. The van der Waals surface area contributed by atoms with Gasteiger partial charge in [0.1, 0.15) is 30.2 Å². The number of carbonyl (C=O) groups excluding carboxylic acids is 5. The Morgan fingerprint density at radius 1 is 0.649 bits per heavy atom. The third-order valence-corrected chi connectivity index (χ3v) is 24.0. The Kier molecular flexibility index (Phi) is 21.7. The summed E-state index contributed by atoms with van der Waals surface area (Å²) in [5.74, 6) is 2.00. The summed E-state index contributed by atoms with van der Waals surface area (Å²) in [7, 11) is 4.51. The van der Waals surface area contributed by atoms with Crippen LogP contribution in [-0.4, -0.2) is 189 Å². The van der Waals surface area contributed by atoms with E-state index in [0.717, 1.165) is 44.5 Å². The van der Waals surface area contributed by atoms with Gasteiger partial charge in [-0.2, -0.15) is 18.9 Å². The monoisotopic (exact) mass is 1550 g/mol. The number of imide groups is 2. The number of aromatic hydroxyl groups is 1. The van der Waals surface area contributed by atoms with Crippen molar-refractivity contribution in [1.29, 1.82) is 10.5 Å². The summed E-state index contributed by atoms with van der Waals surface area (Å²) in [6.45, 7) is 14.4. The molecule has 0 radical (unpaired) electrons. The minimum Gasteiger partial charge on any atom is -0.587 e. The minimum atomic E-state index is -4.18. The number of likely N-dealkylation sites (N-methyl/N-ethyl adjacent to an activating group) is 2. The molecule has 10 atom stereocenters. The van der Waals surface area contributed by atoms with Gasteiger partial charge >= 0.3 is 57.4 Å². The molecule has 2 fully saturated rings. The van der Waals surface area contributed by atoms with E-state index in [4.69, 9.17) is 51.6 Å². The summed E-state index contributed by atoms with van der Waals surface area (Å²) in [5, 5.41) is 36.9. The van der Waals surface area contributed by atoms with E-state index in [0.29, 0.717) is 116 Å².